The summed E-state index contributed by atoms with van der Waals surface area (Å²) in [7, 11) is 0. The topological polar surface area (TPSA) is 110 Å². The van der Waals surface area contributed by atoms with Crippen LogP contribution in [-0.2, 0) is 0 Å². The number of hydrazine groups is 1. The van der Waals surface area contributed by atoms with E-state index in [1.807, 2.05) is 0 Å². The molecule has 0 heterocycles. The van der Waals surface area contributed by atoms with E-state index in [0.717, 1.165) is 6.07 Å². The van der Waals surface area contributed by atoms with Crippen molar-refractivity contribution < 1.29 is 22.9 Å². The molecule has 0 spiro atoms. The maximum atomic E-state index is 11.9. The van der Waals surface area contributed by atoms with Crippen molar-refractivity contribution in [2.45, 2.75) is 5.51 Å². The zero-order chi connectivity index (χ0) is 16.0. The standard InChI is InChI=1S/C10H11F3N4O3S/c11-10(12,13)21-4-3-15-9(18)6-1-2-7(16-14)8(5-6)17(19)20/h1-2,5,16H,3-4,14H2,(H,15,18). The average Bonchev–Trinajstić information content (AvgIpc) is 2.41. The molecule has 0 saturated carbocycles. The van der Waals surface area contributed by atoms with E-state index in [1.54, 1.807) is 0 Å². The molecule has 7 nitrogen and oxygen atoms in total. The molecule has 0 saturated heterocycles. The first-order valence-corrected chi connectivity index (χ1v) is 6.47. The molecule has 116 valence electrons. The summed E-state index contributed by atoms with van der Waals surface area (Å²) in [5.41, 5.74) is -2.69. The van der Waals surface area contributed by atoms with Gasteiger partial charge in [-0.05, 0) is 23.9 Å². The lowest BCUT2D eigenvalue weighted by molar-refractivity contribution is -0.384. The van der Waals surface area contributed by atoms with Crippen molar-refractivity contribution in [2.24, 2.45) is 5.84 Å². The Morgan fingerprint density at radius 2 is 2.10 bits per heavy atom. The number of thioether (sulfide) groups is 1. The van der Waals surface area contributed by atoms with Crippen LogP contribution in [0.15, 0.2) is 18.2 Å². The summed E-state index contributed by atoms with van der Waals surface area (Å²) in [5.74, 6) is 4.04. The number of hydrogen-bond acceptors (Lipinski definition) is 6. The highest BCUT2D eigenvalue weighted by Crippen LogP contribution is 2.29. The van der Waals surface area contributed by atoms with Gasteiger partial charge in [-0.2, -0.15) is 13.2 Å². The highest BCUT2D eigenvalue weighted by atomic mass is 32.2. The van der Waals surface area contributed by atoms with Gasteiger partial charge < -0.3 is 10.7 Å². The summed E-state index contributed by atoms with van der Waals surface area (Å²) < 4.78 is 35.7. The number of hydrogen-bond donors (Lipinski definition) is 3. The number of nitro benzene ring substituents is 1. The number of halogens is 3. The van der Waals surface area contributed by atoms with Crippen LogP contribution >= 0.6 is 11.8 Å². The van der Waals surface area contributed by atoms with Crippen LogP contribution in [0.5, 0.6) is 0 Å². The number of nitrogens with two attached hydrogens (primary N) is 1. The van der Waals surface area contributed by atoms with Gasteiger partial charge in [-0.3, -0.25) is 20.8 Å². The molecule has 1 amide bonds. The molecule has 1 aromatic carbocycles. The first kappa shape index (κ1) is 17.0. The van der Waals surface area contributed by atoms with Gasteiger partial charge in [0.05, 0.1) is 4.92 Å². The van der Waals surface area contributed by atoms with Crippen LogP contribution in [0.4, 0.5) is 24.5 Å². The Hall–Kier alpha value is -2.01. The number of nitrogens with zero attached hydrogens (tertiary/aromatic N) is 1. The first-order chi connectivity index (χ1) is 9.74. The van der Waals surface area contributed by atoms with E-state index in [9.17, 15) is 28.1 Å². The maximum Gasteiger partial charge on any atom is 0.441 e. The number of amides is 1. The van der Waals surface area contributed by atoms with Crippen molar-refractivity contribution >= 4 is 29.0 Å². The maximum absolute atomic E-state index is 11.9. The van der Waals surface area contributed by atoms with Gasteiger partial charge in [-0.25, -0.2) is 0 Å². The van der Waals surface area contributed by atoms with Gasteiger partial charge in [-0.1, -0.05) is 0 Å². The lowest BCUT2D eigenvalue weighted by Crippen LogP contribution is -2.26. The second kappa shape index (κ2) is 7.13. The molecule has 0 aliphatic rings. The van der Waals surface area contributed by atoms with Crippen LogP contribution in [0, 0.1) is 10.1 Å². The molecule has 0 aliphatic heterocycles. The van der Waals surface area contributed by atoms with E-state index >= 15 is 0 Å². The van der Waals surface area contributed by atoms with Gasteiger partial charge in [0.25, 0.3) is 11.6 Å². The van der Waals surface area contributed by atoms with E-state index in [0.29, 0.717) is 0 Å². The Morgan fingerprint density at radius 3 is 2.62 bits per heavy atom. The Kier molecular flexibility index (Phi) is 5.79. The van der Waals surface area contributed by atoms with Crippen LogP contribution in [0.1, 0.15) is 10.4 Å². The molecule has 0 atom stereocenters. The molecular weight excluding hydrogens is 313 g/mol. The van der Waals surface area contributed by atoms with Crippen molar-refractivity contribution in [2.75, 3.05) is 17.7 Å². The lowest BCUT2D eigenvalue weighted by atomic mass is 10.1. The monoisotopic (exact) mass is 324 g/mol. The average molecular weight is 324 g/mol. The van der Waals surface area contributed by atoms with Crippen molar-refractivity contribution in [3.05, 3.63) is 33.9 Å². The Balaban J connectivity index is 2.66. The van der Waals surface area contributed by atoms with Gasteiger partial charge in [0.2, 0.25) is 0 Å². The molecule has 0 aromatic heterocycles. The minimum atomic E-state index is -4.36. The molecule has 0 fully saturated rings. The van der Waals surface area contributed by atoms with Crippen molar-refractivity contribution in [3.63, 3.8) is 0 Å². The SMILES string of the molecule is NNc1ccc(C(=O)NCCSC(F)(F)F)cc1[N+](=O)[O-]. The zero-order valence-electron chi connectivity index (χ0n) is 10.4. The summed E-state index contributed by atoms with van der Waals surface area (Å²) in [6.45, 7) is -0.215. The fraction of sp³-hybridized carbons (Fsp3) is 0.300. The van der Waals surface area contributed by atoms with Crippen molar-refractivity contribution in [1.29, 1.82) is 0 Å². The smallest absolute Gasteiger partial charge is 0.351 e. The van der Waals surface area contributed by atoms with Gasteiger partial charge in [0.15, 0.2) is 0 Å². The van der Waals surface area contributed by atoms with Crippen LogP contribution in [-0.4, -0.2) is 28.6 Å². The van der Waals surface area contributed by atoms with Gasteiger partial charge in [0.1, 0.15) is 5.69 Å². The van der Waals surface area contributed by atoms with E-state index < -0.39 is 22.0 Å². The highest BCUT2D eigenvalue weighted by molar-refractivity contribution is 8.00. The second-order valence-electron chi connectivity index (χ2n) is 3.68. The van der Waals surface area contributed by atoms with E-state index in [2.05, 4.69) is 10.7 Å². The summed E-state index contributed by atoms with van der Waals surface area (Å²) in [5, 5.41) is 13.0. The minimum Gasteiger partial charge on any atom is -0.351 e. The third-order valence-corrected chi connectivity index (χ3v) is 3.00. The molecule has 11 heteroatoms. The molecule has 4 N–H and O–H groups in total. The van der Waals surface area contributed by atoms with Crippen LogP contribution in [0.2, 0.25) is 0 Å². The van der Waals surface area contributed by atoms with Crippen molar-refractivity contribution in [3.8, 4) is 0 Å². The Morgan fingerprint density at radius 1 is 1.43 bits per heavy atom. The Labute approximate surface area is 121 Å². The van der Waals surface area contributed by atoms with E-state index in [4.69, 9.17) is 5.84 Å². The summed E-state index contributed by atoms with van der Waals surface area (Å²) in [4.78, 5) is 21.7. The summed E-state index contributed by atoms with van der Waals surface area (Å²) in [6.07, 6.45) is 0. The van der Waals surface area contributed by atoms with Gasteiger partial charge >= 0.3 is 5.51 Å². The quantitative estimate of drug-likeness (QED) is 0.319. The fourth-order valence-electron chi connectivity index (χ4n) is 1.38. The normalized spacial score (nSPS) is 11.0. The minimum absolute atomic E-state index is 0.0178. The fourth-order valence-corrected chi connectivity index (χ4v) is 1.81. The van der Waals surface area contributed by atoms with Crippen LogP contribution < -0.4 is 16.6 Å². The number of anilines is 1. The molecule has 1 rings (SSSR count). The van der Waals surface area contributed by atoms with Crippen LogP contribution in [0.25, 0.3) is 0 Å². The molecule has 0 aliphatic carbocycles. The predicted molar refractivity (Wildman–Crippen MR) is 71.8 cm³/mol. The second-order valence-corrected chi connectivity index (χ2v) is 4.84. The number of carbonyl (C=O) groups is 1. The number of carbonyl (C=O) groups excluding carboxylic acids is 1. The van der Waals surface area contributed by atoms with Crippen molar-refractivity contribution in [1.82, 2.24) is 5.32 Å². The third-order valence-electron chi connectivity index (χ3n) is 2.27. The number of nitro groups is 1. The lowest BCUT2D eigenvalue weighted by Gasteiger charge is -2.08. The zero-order valence-corrected chi connectivity index (χ0v) is 11.3. The van der Waals surface area contributed by atoms with Gasteiger partial charge in [-0.15, -0.1) is 0 Å². The van der Waals surface area contributed by atoms with E-state index in [1.165, 1.54) is 12.1 Å². The molecule has 21 heavy (non-hydrogen) atoms. The molecular formula is C10H11F3N4O3S. The number of benzene rings is 1. The first-order valence-electron chi connectivity index (χ1n) is 5.48. The van der Waals surface area contributed by atoms with Crippen LogP contribution in [0.3, 0.4) is 0 Å². The largest absolute Gasteiger partial charge is 0.441 e. The molecule has 0 radical (unpaired) electrons. The van der Waals surface area contributed by atoms with E-state index in [-0.39, 0.29) is 35.3 Å². The predicted octanol–water partition coefficient (Wildman–Crippen LogP) is 1.86. The summed E-state index contributed by atoms with van der Waals surface area (Å²) >= 11 is -0.265. The summed E-state index contributed by atoms with van der Waals surface area (Å²) in [6, 6.07) is 3.49. The van der Waals surface area contributed by atoms with Gasteiger partial charge in [0, 0.05) is 23.9 Å². The third kappa shape index (κ3) is 5.47. The molecule has 1 aromatic rings. The number of alkyl halides is 3. The highest BCUT2D eigenvalue weighted by Gasteiger charge is 2.27. The number of nitrogens with one attached hydrogen (secondary N) is 2. The number of rotatable bonds is 6. The Bertz CT molecular complexity index is 539. The number of nitrogen functional groups attached to an aromatic ring is 1. The molecule has 0 unspecified atom stereocenters. The molecule has 0 bridgehead atoms.